The smallest absolute Gasteiger partial charge is 0.258 e. The second kappa shape index (κ2) is 9.90. The van der Waals surface area contributed by atoms with E-state index in [2.05, 4.69) is 28.6 Å². The van der Waals surface area contributed by atoms with Crippen molar-refractivity contribution in [3.8, 4) is 5.75 Å². The summed E-state index contributed by atoms with van der Waals surface area (Å²) in [6.07, 6.45) is 3.03. The van der Waals surface area contributed by atoms with E-state index in [4.69, 9.17) is 9.47 Å². The maximum Gasteiger partial charge on any atom is 0.258 e. The molecule has 1 heterocycles. The van der Waals surface area contributed by atoms with Crippen LogP contribution in [0.2, 0.25) is 0 Å². The molecule has 0 aliphatic carbocycles. The lowest BCUT2D eigenvalue weighted by Crippen LogP contribution is -2.37. The minimum atomic E-state index is -0.244. The van der Waals surface area contributed by atoms with Crippen molar-refractivity contribution in [3.05, 3.63) is 59.7 Å². The molecule has 0 radical (unpaired) electrons. The number of nitrogens with zero attached hydrogens (tertiary/aromatic N) is 1. The summed E-state index contributed by atoms with van der Waals surface area (Å²) in [4.78, 5) is 17.3. The second-order valence-corrected chi connectivity index (χ2v) is 6.65. The number of hydrogen-bond donors (Lipinski definition) is 2. The van der Waals surface area contributed by atoms with Crippen LogP contribution in [-0.4, -0.2) is 38.2 Å². The van der Waals surface area contributed by atoms with Gasteiger partial charge in [0.2, 0.25) is 5.96 Å². The van der Waals surface area contributed by atoms with Crippen molar-refractivity contribution in [1.82, 2.24) is 5.32 Å². The monoisotopic (exact) mass is 381 g/mol. The van der Waals surface area contributed by atoms with E-state index in [1.54, 1.807) is 31.4 Å². The Kier molecular flexibility index (Phi) is 7.03. The fourth-order valence-electron chi connectivity index (χ4n) is 3.11. The third kappa shape index (κ3) is 5.33. The van der Waals surface area contributed by atoms with E-state index in [1.165, 1.54) is 0 Å². The van der Waals surface area contributed by atoms with Crippen LogP contribution in [0.4, 0.5) is 5.69 Å². The van der Waals surface area contributed by atoms with Crippen molar-refractivity contribution in [3.63, 3.8) is 0 Å². The molecule has 0 spiro atoms. The molecule has 0 saturated carbocycles. The van der Waals surface area contributed by atoms with Crippen LogP contribution in [0.15, 0.2) is 53.5 Å². The highest BCUT2D eigenvalue weighted by molar-refractivity contribution is 6.10. The summed E-state index contributed by atoms with van der Waals surface area (Å²) in [6, 6.07) is 15.0. The Hall–Kier alpha value is -2.86. The molecule has 0 aromatic heterocycles. The van der Waals surface area contributed by atoms with Crippen molar-refractivity contribution in [1.29, 1.82) is 0 Å². The van der Waals surface area contributed by atoms with E-state index >= 15 is 0 Å². The zero-order valence-electron chi connectivity index (χ0n) is 16.4. The summed E-state index contributed by atoms with van der Waals surface area (Å²) in [5.41, 5.74) is 2.60. The van der Waals surface area contributed by atoms with Gasteiger partial charge in [0.05, 0.1) is 19.8 Å². The summed E-state index contributed by atoms with van der Waals surface area (Å²) in [5, 5.41) is 6.18. The van der Waals surface area contributed by atoms with E-state index in [-0.39, 0.29) is 12.0 Å². The molecular formula is C22H27N3O3. The number of para-hydroxylation sites is 1. The molecule has 6 nitrogen and oxygen atoms in total. The average molecular weight is 381 g/mol. The number of carbonyl (C=O) groups excluding carboxylic acids is 1. The number of guanidine groups is 1. The first-order chi connectivity index (χ1) is 13.7. The highest BCUT2D eigenvalue weighted by Crippen LogP contribution is 2.17. The zero-order chi connectivity index (χ0) is 19.8. The molecular weight excluding hydrogens is 354 g/mol. The predicted molar refractivity (Wildman–Crippen MR) is 111 cm³/mol. The molecule has 2 aromatic carbocycles. The molecule has 0 bridgehead atoms. The van der Waals surface area contributed by atoms with Crippen molar-refractivity contribution in [2.45, 2.75) is 32.3 Å². The van der Waals surface area contributed by atoms with Gasteiger partial charge in [-0.1, -0.05) is 31.2 Å². The molecule has 6 heteroatoms. The quantitative estimate of drug-likeness (QED) is 0.592. The van der Waals surface area contributed by atoms with Crippen LogP contribution in [-0.2, 0) is 11.2 Å². The molecule has 2 N–H and O–H groups in total. The minimum Gasteiger partial charge on any atom is -0.497 e. The number of carbonyl (C=O) groups is 1. The van der Waals surface area contributed by atoms with E-state index in [9.17, 15) is 4.79 Å². The van der Waals surface area contributed by atoms with Crippen LogP contribution in [0, 0.1) is 0 Å². The zero-order valence-corrected chi connectivity index (χ0v) is 16.4. The van der Waals surface area contributed by atoms with Crippen molar-refractivity contribution in [2.75, 3.05) is 25.6 Å². The van der Waals surface area contributed by atoms with Gasteiger partial charge in [0.1, 0.15) is 5.75 Å². The van der Waals surface area contributed by atoms with Gasteiger partial charge in [-0.05, 0) is 49.1 Å². The van der Waals surface area contributed by atoms with Crippen LogP contribution in [0.5, 0.6) is 5.75 Å². The van der Waals surface area contributed by atoms with Gasteiger partial charge in [-0.15, -0.1) is 0 Å². The first-order valence-corrected chi connectivity index (χ1v) is 9.66. The summed E-state index contributed by atoms with van der Waals surface area (Å²) >= 11 is 0. The van der Waals surface area contributed by atoms with Crippen LogP contribution in [0.1, 0.15) is 35.7 Å². The number of amides is 1. The largest absolute Gasteiger partial charge is 0.497 e. The highest BCUT2D eigenvalue weighted by Gasteiger charge is 2.16. The predicted octanol–water partition coefficient (Wildman–Crippen LogP) is 3.63. The van der Waals surface area contributed by atoms with Gasteiger partial charge in [-0.25, -0.2) is 4.99 Å². The molecule has 1 aliphatic rings. The molecule has 0 unspecified atom stereocenters. The summed E-state index contributed by atoms with van der Waals surface area (Å²) in [7, 11) is 1.58. The number of methoxy groups -OCH3 is 1. The Morgan fingerprint density at radius 2 is 2.11 bits per heavy atom. The lowest BCUT2D eigenvalue weighted by atomic mass is 10.1. The SMILES string of the molecule is CCc1ccccc1NC(=NC[C@H]1CCCO1)NC(=O)c1cccc(OC)c1. The fourth-order valence-corrected chi connectivity index (χ4v) is 3.11. The molecule has 2 aromatic rings. The fraction of sp³-hybridized carbons (Fsp3) is 0.364. The Morgan fingerprint density at radius 1 is 1.25 bits per heavy atom. The number of benzene rings is 2. The summed E-state index contributed by atoms with van der Waals surface area (Å²) in [6.45, 7) is 3.38. The maximum absolute atomic E-state index is 12.7. The second-order valence-electron chi connectivity index (χ2n) is 6.65. The Balaban J connectivity index is 1.78. The minimum absolute atomic E-state index is 0.104. The van der Waals surface area contributed by atoms with Gasteiger partial charge in [0.15, 0.2) is 0 Å². The Morgan fingerprint density at radius 3 is 2.86 bits per heavy atom. The highest BCUT2D eigenvalue weighted by atomic mass is 16.5. The molecule has 1 amide bonds. The topological polar surface area (TPSA) is 72.0 Å². The molecule has 1 aliphatic heterocycles. The summed E-state index contributed by atoms with van der Waals surface area (Å²) in [5.74, 6) is 0.811. The first-order valence-electron chi connectivity index (χ1n) is 9.66. The van der Waals surface area contributed by atoms with Crippen LogP contribution >= 0.6 is 0 Å². The molecule has 1 atom stereocenters. The summed E-state index contributed by atoms with van der Waals surface area (Å²) < 4.78 is 10.9. The molecule has 28 heavy (non-hydrogen) atoms. The van der Waals surface area contributed by atoms with Gasteiger partial charge in [0.25, 0.3) is 5.91 Å². The van der Waals surface area contributed by atoms with Gasteiger partial charge in [-0.3, -0.25) is 10.1 Å². The third-order valence-electron chi connectivity index (χ3n) is 4.69. The van der Waals surface area contributed by atoms with E-state index in [0.29, 0.717) is 23.8 Å². The van der Waals surface area contributed by atoms with Gasteiger partial charge >= 0.3 is 0 Å². The Bertz CT molecular complexity index is 829. The lowest BCUT2D eigenvalue weighted by molar-refractivity contribution is 0.0975. The number of aliphatic imine (C=N–C) groups is 1. The number of aryl methyl sites for hydroxylation is 1. The van der Waals surface area contributed by atoms with Crippen molar-refractivity contribution >= 4 is 17.6 Å². The standard InChI is InChI=1S/C22H27N3O3/c1-3-16-8-4-5-12-20(16)24-22(23-15-19-11-7-13-28-19)25-21(26)17-9-6-10-18(14-17)27-2/h4-6,8-10,12,14,19H,3,7,11,13,15H2,1-2H3,(H2,23,24,25,26)/t19-/m1/s1. The van der Waals surface area contributed by atoms with Crippen LogP contribution in [0.25, 0.3) is 0 Å². The van der Waals surface area contributed by atoms with Gasteiger partial charge < -0.3 is 14.8 Å². The molecule has 3 rings (SSSR count). The van der Waals surface area contributed by atoms with Gasteiger partial charge in [0, 0.05) is 17.9 Å². The number of hydrogen-bond acceptors (Lipinski definition) is 4. The third-order valence-corrected chi connectivity index (χ3v) is 4.69. The number of anilines is 1. The van der Waals surface area contributed by atoms with Crippen LogP contribution in [0.3, 0.4) is 0 Å². The Labute approximate surface area is 166 Å². The molecule has 1 fully saturated rings. The van der Waals surface area contributed by atoms with E-state index in [0.717, 1.165) is 37.1 Å². The molecule has 148 valence electrons. The van der Waals surface area contributed by atoms with E-state index < -0.39 is 0 Å². The lowest BCUT2D eigenvalue weighted by Gasteiger charge is -2.15. The molecule has 1 saturated heterocycles. The van der Waals surface area contributed by atoms with Gasteiger partial charge in [-0.2, -0.15) is 0 Å². The van der Waals surface area contributed by atoms with Crippen LogP contribution < -0.4 is 15.4 Å². The number of ether oxygens (including phenoxy) is 2. The first kappa shape index (κ1) is 19.9. The van der Waals surface area contributed by atoms with Crippen molar-refractivity contribution < 1.29 is 14.3 Å². The number of nitrogens with one attached hydrogen (secondary N) is 2. The number of rotatable bonds is 6. The maximum atomic E-state index is 12.7. The normalized spacial score (nSPS) is 16.6. The van der Waals surface area contributed by atoms with Crippen molar-refractivity contribution in [2.24, 2.45) is 4.99 Å². The average Bonchev–Trinajstić information content (AvgIpc) is 3.26. The van der Waals surface area contributed by atoms with E-state index in [1.807, 2.05) is 18.2 Å².